The SMILES string of the molecule is CC(CNC(C)C)CN1C=NS(=O)(=O)c2ccccc21. The monoisotopic (exact) mass is 295 g/mol. The molecular weight excluding hydrogens is 274 g/mol. The number of nitrogens with zero attached hydrogens (tertiary/aromatic N) is 2. The van der Waals surface area contributed by atoms with Crippen molar-refractivity contribution >= 4 is 22.0 Å². The van der Waals surface area contributed by atoms with Gasteiger partial charge in [0.25, 0.3) is 10.0 Å². The van der Waals surface area contributed by atoms with Crippen molar-refractivity contribution in [1.82, 2.24) is 5.32 Å². The zero-order valence-corrected chi connectivity index (χ0v) is 12.9. The number of hydrogen-bond acceptors (Lipinski definition) is 4. The average Bonchev–Trinajstić information content (AvgIpc) is 2.40. The molecule has 1 unspecified atom stereocenters. The fraction of sp³-hybridized carbons (Fsp3) is 0.500. The lowest BCUT2D eigenvalue weighted by atomic mass is 10.1. The van der Waals surface area contributed by atoms with Gasteiger partial charge in [0.2, 0.25) is 0 Å². The topological polar surface area (TPSA) is 61.8 Å². The predicted molar refractivity (Wildman–Crippen MR) is 81.8 cm³/mol. The molecule has 0 aromatic heterocycles. The molecule has 0 fully saturated rings. The summed E-state index contributed by atoms with van der Waals surface area (Å²) in [6.45, 7) is 7.97. The number of hydrogen-bond donors (Lipinski definition) is 1. The average molecular weight is 295 g/mol. The van der Waals surface area contributed by atoms with Gasteiger partial charge in [-0.2, -0.15) is 8.42 Å². The minimum Gasteiger partial charge on any atom is -0.330 e. The van der Waals surface area contributed by atoms with Crippen molar-refractivity contribution in [3.8, 4) is 0 Å². The zero-order chi connectivity index (χ0) is 14.8. The molecule has 20 heavy (non-hydrogen) atoms. The highest BCUT2D eigenvalue weighted by Crippen LogP contribution is 2.29. The van der Waals surface area contributed by atoms with Crippen LogP contribution in [0.25, 0.3) is 0 Å². The van der Waals surface area contributed by atoms with Crippen LogP contribution in [0.3, 0.4) is 0 Å². The van der Waals surface area contributed by atoms with Crippen LogP contribution < -0.4 is 10.2 Å². The van der Waals surface area contributed by atoms with E-state index in [2.05, 4.69) is 30.5 Å². The van der Waals surface area contributed by atoms with Gasteiger partial charge in [0.05, 0.1) is 5.69 Å². The van der Waals surface area contributed by atoms with E-state index in [1.807, 2.05) is 17.0 Å². The van der Waals surface area contributed by atoms with Crippen LogP contribution in [0.5, 0.6) is 0 Å². The number of para-hydroxylation sites is 1. The number of fused-ring (bicyclic) bond motifs is 1. The maximum Gasteiger partial charge on any atom is 0.285 e. The van der Waals surface area contributed by atoms with Crippen LogP contribution in [0.1, 0.15) is 20.8 Å². The highest BCUT2D eigenvalue weighted by molar-refractivity contribution is 7.90. The Hall–Kier alpha value is -1.40. The summed E-state index contributed by atoms with van der Waals surface area (Å²) in [5.41, 5.74) is 0.707. The van der Waals surface area contributed by atoms with Crippen molar-refractivity contribution < 1.29 is 8.42 Å². The van der Waals surface area contributed by atoms with Crippen LogP contribution >= 0.6 is 0 Å². The van der Waals surface area contributed by atoms with Crippen LogP contribution in [0.15, 0.2) is 33.6 Å². The first-order valence-corrected chi connectivity index (χ1v) is 8.23. The van der Waals surface area contributed by atoms with Crippen LogP contribution in [-0.2, 0) is 10.0 Å². The normalized spacial score (nSPS) is 18.1. The molecule has 0 aliphatic carbocycles. The lowest BCUT2D eigenvalue weighted by molar-refractivity contribution is 0.484. The third-order valence-corrected chi connectivity index (χ3v) is 4.43. The Morgan fingerprint density at radius 3 is 2.65 bits per heavy atom. The molecule has 1 aliphatic heterocycles. The minimum atomic E-state index is -3.52. The van der Waals surface area contributed by atoms with Gasteiger partial charge in [-0.25, -0.2) is 0 Å². The largest absolute Gasteiger partial charge is 0.330 e. The molecule has 1 aromatic carbocycles. The summed E-state index contributed by atoms with van der Waals surface area (Å²) in [5.74, 6) is 0.387. The Kier molecular flexibility index (Phi) is 4.45. The first kappa shape index (κ1) is 15.0. The molecule has 0 spiro atoms. The van der Waals surface area contributed by atoms with Crippen molar-refractivity contribution in [3.63, 3.8) is 0 Å². The van der Waals surface area contributed by atoms with E-state index in [1.54, 1.807) is 12.1 Å². The summed E-state index contributed by atoms with van der Waals surface area (Å²) in [7, 11) is -3.52. The number of sulfonamides is 1. The van der Waals surface area contributed by atoms with Gasteiger partial charge < -0.3 is 10.2 Å². The Morgan fingerprint density at radius 2 is 1.95 bits per heavy atom. The van der Waals surface area contributed by atoms with Gasteiger partial charge in [0.15, 0.2) is 0 Å². The van der Waals surface area contributed by atoms with Gasteiger partial charge in [0.1, 0.15) is 11.2 Å². The molecule has 1 heterocycles. The van der Waals surface area contributed by atoms with E-state index in [4.69, 9.17) is 0 Å². The number of anilines is 1. The van der Waals surface area contributed by atoms with E-state index < -0.39 is 10.0 Å². The Morgan fingerprint density at radius 1 is 1.25 bits per heavy atom. The van der Waals surface area contributed by atoms with Crippen LogP contribution in [0, 0.1) is 5.92 Å². The Labute approximate surface area is 120 Å². The third-order valence-electron chi connectivity index (χ3n) is 3.16. The second-order valence-corrected chi connectivity index (χ2v) is 7.08. The molecule has 0 amide bonds. The summed E-state index contributed by atoms with van der Waals surface area (Å²) in [6.07, 6.45) is 1.42. The van der Waals surface area contributed by atoms with Crippen molar-refractivity contribution in [1.29, 1.82) is 0 Å². The predicted octanol–water partition coefficient (Wildman–Crippen LogP) is 1.86. The fourth-order valence-corrected chi connectivity index (χ4v) is 3.18. The molecule has 1 atom stereocenters. The summed E-state index contributed by atoms with van der Waals surface area (Å²) < 4.78 is 27.5. The lowest BCUT2D eigenvalue weighted by Gasteiger charge is -2.28. The molecule has 1 aromatic rings. The molecule has 1 N–H and O–H groups in total. The van der Waals surface area contributed by atoms with Crippen molar-refractivity contribution in [2.24, 2.45) is 10.3 Å². The fourth-order valence-electron chi connectivity index (χ4n) is 2.13. The number of nitrogens with one attached hydrogen (secondary N) is 1. The van der Waals surface area contributed by atoms with Gasteiger partial charge >= 0.3 is 0 Å². The van der Waals surface area contributed by atoms with Crippen molar-refractivity contribution in [2.75, 3.05) is 18.0 Å². The second kappa shape index (κ2) is 5.93. The van der Waals surface area contributed by atoms with E-state index >= 15 is 0 Å². The molecule has 110 valence electrons. The third kappa shape index (κ3) is 3.37. The molecule has 0 radical (unpaired) electrons. The van der Waals surface area contributed by atoms with Gasteiger partial charge in [0, 0.05) is 12.6 Å². The number of benzene rings is 1. The Bertz CT molecular complexity index is 596. The summed E-state index contributed by atoms with van der Waals surface area (Å²) in [6, 6.07) is 7.43. The highest BCUT2D eigenvalue weighted by Gasteiger charge is 2.25. The van der Waals surface area contributed by atoms with Crippen LogP contribution in [-0.4, -0.2) is 33.9 Å². The molecular formula is C14H21N3O2S. The maximum absolute atomic E-state index is 11.9. The standard InChI is InChI=1S/C14H21N3O2S/c1-11(2)15-8-12(3)9-17-10-16-20(18,19)14-7-5-4-6-13(14)17/h4-7,10-12,15H,8-9H2,1-3H3. The van der Waals surface area contributed by atoms with Gasteiger partial charge in [-0.1, -0.05) is 32.9 Å². The summed E-state index contributed by atoms with van der Waals surface area (Å²) >= 11 is 0. The first-order chi connectivity index (χ1) is 9.40. The van der Waals surface area contributed by atoms with Gasteiger partial charge in [-0.15, -0.1) is 4.40 Å². The molecule has 1 aliphatic rings. The number of rotatable bonds is 5. The maximum atomic E-state index is 11.9. The highest BCUT2D eigenvalue weighted by atomic mass is 32.2. The van der Waals surface area contributed by atoms with E-state index in [9.17, 15) is 8.42 Å². The van der Waals surface area contributed by atoms with Crippen molar-refractivity contribution in [2.45, 2.75) is 31.7 Å². The molecule has 5 nitrogen and oxygen atoms in total. The second-order valence-electron chi connectivity index (χ2n) is 5.48. The smallest absolute Gasteiger partial charge is 0.285 e. The molecule has 0 saturated heterocycles. The lowest BCUT2D eigenvalue weighted by Crippen LogP contribution is -2.36. The van der Waals surface area contributed by atoms with Crippen LogP contribution in [0.4, 0.5) is 5.69 Å². The molecule has 6 heteroatoms. The molecule has 0 saturated carbocycles. The minimum absolute atomic E-state index is 0.284. The van der Waals surface area contributed by atoms with E-state index in [0.717, 1.165) is 13.1 Å². The van der Waals surface area contributed by atoms with E-state index in [-0.39, 0.29) is 4.90 Å². The Balaban J connectivity index is 2.15. The van der Waals surface area contributed by atoms with Gasteiger partial charge in [-0.05, 0) is 24.6 Å². The summed E-state index contributed by atoms with van der Waals surface area (Å²) in [5, 5.41) is 3.39. The molecule has 2 rings (SSSR count). The first-order valence-electron chi connectivity index (χ1n) is 6.79. The van der Waals surface area contributed by atoms with Crippen LogP contribution in [0.2, 0.25) is 0 Å². The quantitative estimate of drug-likeness (QED) is 0.900. The molecule has 0 bridgehead atoms. The van der Waals surface area contributed by atoms with Gasteiger partial charge in [-0.3, -0.25) is 0 Å². The van der Waals surface area contributed by atoms with Crippen molar-refractivity contribution in [3.05, 3.63) is 24.3 Å². The summed E-state index contributed by atoms with van der Waals surface area (Å²) in [4.78, 5) is 2.19. The van der Waals surface area contributed by atoms with E-state index in [1.165, 1.54) is 6.34 Å². The van der Waals surface area contributed by atoms with E-state index in [0.29, 0.717) is 17.6 Å². The zero-order valence-electron chi connectivity index (χ0n) is 12.1.